The molecular weight excluding hydrogens is 232 g/mol. The Morgan fingerprint density at radius 3 is 2.67 bits per heavy atom. The molecule has 0 aromatic carbocycles. The lowest BCUT2D eigenvalue weighted by atomic mass is 10.2. The van der Waals surface area contributed by atoms with E-state index in [2.05, 4.69) is 15.3 Å². The maximum absolute atomic E-state index is 10.8. The lowest BCUT2D eigenvalue weighted by molar-refractivity contribution is -0.384. The Kier molecular flexibility index (Phi) is 3.47. The molecular formula is C12H12N4O2. The summed E-state index contributed by atoms with van der Waals surface area (Å²) < 4.78 is 0. The standard InChI is InChI=1S/C12H12N4O2/c1-9(10-5-2-3-7-13-10)15-12-11(16(17)18)6-4-8-14-12/h2-9H,1H3,(H,14,15). The second kappa shape index (κ2) is 5.22. The van der Waals surface area contributed by atoms with Crippen molar-refractivity contribution in [1.82, 2.24) is 9.97 Å². The fourth-order valence-electron chi connectivity index (χ4n) is 1.57. The van der Waals surface area contributed by atoms with E-state index in [-0.39, 0.29) is 17.5 Å². The summed E-state index contributed by atoms with van der Waals surface area (Å²) in [6, 6.07) is 8.34. The third-order valence-corrected chi connectivity index (χ3v) is 2.47. The molecule has 0 amide bonds. The molecule has 18 heavy (non-hydrogen) atoms. The van der Waals surface area contributed by atoms with Crippen molar-refractivity contribution in [2.24, 2.45) is 0 Å². The Bertz CT molecular complexity index is 545. The van der Waals surface area contributed by atoms with E-state index in [1.54, 1.807) is 6.20 Å². The molecule has 6 heteroatoms. The normalized spacial score (nSPS) is 11.8. The van der Waals surface area contributed by atoms with Gasteiger partial charge in [-0.3, -0.25) is 15.1 Å². The smallest absolute Gasteiger partial charge is 0.311 e. The van der Waals surface area contributed by atoms with Gasteiger partial charge in [0.25, 0.3) is 0 Å². The molecule has 92 valence electrons. The van der Waals surface area contributed by atoms with Gasteiger partial charge in [0.15, 0.2) is 0 Å². The minimum atomic E-state index is -0.458. The largest absolute Gasteiger partial charge is 0.356 e. The van der Waals surface area contributed by atoms with E-state index in [9.17, 15) is 10.1 Å². The van der Waals surface area contributed by atoms with Crippen LogP contribution in [0.5, 0.6) is 0 Å². The minimum Gasteiger partial charge on any atom is -0.356 e. The van der Waals surface area contributed by atoms with Crippen LogP contribution in [0, 0.1) is 10.1 Å². The second-order valence-corrected chi connectivity index (χ2v) is 3.75. The van der Waals surface area contributed by atoms with E-state index in [0.717, 1.165) is 5.69 Å². The van der Waals surface area contributed by atoms with Crippen LogP contribution in [0.1, 0.15) is 18.7 Å². The van der Waals surface area contributed by atoms with Crippen molar-refractivity contribution in [2.45, 2.75) is 13.0 Å². The highest BCUT2D eigenvalue weighted by molar-refractivity contribution is 5.55. The van der Waals surface area contributed by atoms with Crippen molar-refractivity contribution in [1.29, 1.82) is 0 Å². The van der Waals surface area contributed by atoms with Gasteiger partial charge in [-0.05, 0) is 25.1 Å². The zero-order valence-electron chi connectivity index (χ0n) is 9.78. The van der Waals surface area contributed by atoms with Gasteiger partial charge in [0.05, 0.1) is 16.7 Å². The number of nitro groups is 1. The highest BCUT2D eigenvalue weighted by Crippen LogP contribution is 2.24. The molecule has 2 heterocycles. The number of nitrogens with zero attached hydrogens (tertiary/aromatic N) is 3. The number of pyridine rings is 2. The summed E-state index contributed by atoms with van der Waals surface area (Å²) in [5.41, 5.74) is 0.762. The fourth-order valence-corrected chi connectivity index (χ4v) is 1.57. The first kappa shape index (κ1) is 12.0. The number of hydrogen-bond donors (Lipinski definition) is 1. The molecule has 0 aliphatic heterocycles. The average Bonchev–Trinajstić information content (AvgIpc) is 2.40. The summed E-state index contributed by atoms with van der Waals surface area (Å²) in [6.07, 6.45) is 3.20. The molecule has 0 bridgehead atoms. The van der Waals surface area contributed by atoms with Crippen LogP contribution >= 0.6 is 0 Å². The van der Waals surface area contributed by atoms with E-state index in [0.29, 0.717) is 0 Å². The summed E-state index contributed by atoms with van der Waals surface area (Å²) in [4.78, 5) is 18.6. The molecule has 0 fully saturated rings. The van der Waals surface area contributed by atoms with Gasteiger partial charge in [-0.15, -0.1) is 0 Å². The Morgan fingerprint density at radius 2 is 2.00 bits per heavy atom. The molecule has 0 aliphatic rings. The van der Waals surface area contributed by atoms with Crippen LogP contribution in [0.25, 0.3) is 0 Å². The van der Waals surface area contributed by atoms with Crippen molar-refractivity contribution in [3.05, 3.63) is 58.5 Å². The number of rotatable bonds is 4. The van der Waals surface area contributed by atoms with E-state index < -0.39 is 4.92 Å². The Morgan fingerprint density at radius 1 is 1.22 bits per heavy atom. The van der Waals surface area contributed by atoms with E-state index in [1.807, 2.05) is 25.1 Å². The Labute approximate surface area is 104 Å². The quantitative estimate of drug-likeness (QED) is 0.660. The third-order valence-electron chi connectivity index (χ3n) is 2.47. The van der Waals surface area contributed by atoms with Crippen molar-refractivity contribution >= 4 is 11.5 Å². The summed E-state index contributed by atoms with van der Waals surface area (Å²) in [7, 11) is 0. The Balaban J connectivity index is 2.22. The number of anilines is 1. The third kappa shape index (κ3) is 2.60. The molecule has 2 aromatic rings. The average molecular weight is 244 g/mol. The first-order valence-corrected chi connectivity index (χ1v) is 5.45. The summed E-state index contributed by atoms with van der Waals surface area (Å²) in [6.45, 7) is 1.88. The van der Waals surface area contributed by atoms with Gasteiger partial charge in [0.2, 0.25) is 5.82 Å². The molecule has 1 atom stereocenters. The van der Waals surface area contributed by atoms with Crippen molar-refractivity contribution in [2.75, 3.05) is 5.32 Å². The molecule has 0 radical (unpaired) electrons. The predicted octanol–water partition coefficient (Wildman–Crippen LogP) is 2.56. The SMILES string of the molecule is CC(Nc1ncccc1[N+](=O)[O-])c1ccccn1. The van der Waals surface area contributed by atoms with Crippen LogP contribution in [-0.2, 0) is 0 Å². The lowest BCUT2D eigenvalue weighted by Gasteiger charge is -2.13. The highest BCUT2D eigenvalue weighted by Gasteiger charge is 2.16. The van der Waals surface area contributed by atoms with Gasteiger partial charge in [-0.2, -0.15) is 0 Å². The monoisotopic (exact) mass is 244 g/mol. The maximum Gasteiger partial charge on any atom is 0.311 e. The van der Waals surface area contributed by atoms with Crippen LogP contribution in [-0.4, -0.2) is 14.9 Å². The van der Waals surface area contributed by atoms with E-state index >= 15 is 0 Å². The molecule has 0 saturated heterocycles. The van der Waals surface area contributed by atoms with Gasteiger partial charge in [0, 0.05) is 18.5 Å². The Hall–Kier alpha value is -2.50. The van der Waals surface area contributed by atoms with E-state index in [4.69, 9.17) is 0 Å². The molecule has 0 spiro atoms. The summed E-state index contributed by atoms with van der Waals surface area (Å²) in [5, 5.41) is 13.8. The zero-order chi connectivity index (χ0) is 13.0. The molecule has 2 aromatic heterocycles. The van der Waals surface area contributed by atoms with Gasteiger partial charge in [0.1, 0.15) is 0 Å². The van der Waals surface area contributed by atoms with Crippen LogP contribution in [0.15, 0.2) is 42.7 Å². The van der Waals surface area contributed by atoms with Crippen molar-refractivity contribution in [3.63, 3.8) is 0 Å². The lowest BCUT2D eigenvalue weighted by Crippen LogP contribution is -2.10. The fraction of sp³-hybridized carbons (Fsp3) is 0.167. The first-order valence-electron chi connectivity index (χ1n) is 5.45. The molecule has 1 N–H and O–H groups in total. The van der Waals surface area contributed by atoms with Crippen LogP contribution in [0.2, 0.25) is 0 Å². The van der Waals surface area contributed by atoms with Crippen LogP contribution in [0.3, 0.4) is 0 Å². The van der Waals surface area contributed by atoms with Gasteiger partial charge < -0.3 is 5.32 Å². The van der Waals surface area contributed by atoms with Crippen LogP contribution in [0.4, 0.5) is 11.5 Å². The van der Waals surface area contributed by atoms with E-state index in [1.165, 1.54) is 18.3 Å². The van der Waals surface area contributed by atoms with Crippen molar-refractivity contribution in [3.8, 4) is 0 Å². The second-order valence-electron chi connectivity index (χ2n) is 3.75. The summed E-state index contributed by atoms with van der Waals surface area (Å²) >= 11 is 0. The molecule has 6 nitrogen and oxygen atoms in total. The minimum absolute atomic E-state index is 0.0414. The van der Waals surface area contributed by atoms with Crippen LogP contribution < -0.4 is 5.32 Å². The molecule has 2 rings (SSSR count). The first-order chi connectivity index (χ1) is 8.68. The molecule has 1 unspecified atom stereocenters. The highest BCUT2D eigenvalue weighted by atomic mass is 16.6. The predicted molar refractivity (Wildman–Crippen MR) is 67.2 cm³/mol. The maximum atomic E-state index is 10.8. The summed E-state index contributed by atoms with van der Waals surface area (Å²) in [5.74, 6) is 0.251. The molecule has 0 saturated carbocycles. The number of hydrogen-bond acceptors (Lipinski definition) is 5. The van der Waals surface area contributed by atoms with Gasteiger partial charge in [-0.1, -0.05) is 6.07 Å². The topological polar surface area (TPSA) is 81.0 Å². The number of nitrogens with one attached hydrogen (secondary N) is 1. The molecule has 0 aliphatic carbocycles. The van der Waals surface area contributed by atoms with Gasteiger partial charge in [-0.25, -0.2) is 4.98 Å². The zero-order valence-corrected chi connectivity index (χ0v) is 9.78. The van der Waals surface area contributed by atoms with Crippen molar-refractivity contribution < 1.29 is 4.92 Å². The van der Waals surface area contributed by atoms with Gasteiger partial charge >= 0.3 is 5.69 Å². The number of aromatic nitrogens is 2.